The van der Waals surface area contributed by atoms with Crippen molar-refractivity contribution in [2.45, 2.75) is 29.6 Å². The fourth-order valence-electron chi connectivity index (χ4n) is 2.61. The third kappa shape index (κ3) is 3.29. The molecule has 1 aromatic heterocycles. The van der Waals surface area contributed by atoms with Crippen molar-refractivity contribution in [2.24, 2.45) is 0 Å². The topological polar surface area (TPSA) is 39.2 Å². The first kappa shape index (κ1) is 16.5. The molecule has 0 saturated heterocycles. The fourth-order valence-corrected chi connectivity index (χ4v) is 3.69. The lowest BCUT2D eigenvalue weighted by Crippen LogP contribution is -2.03. The van der Waals surface area contributed by atoms with Gasteiger partial charge in [-0.2, -0.15) is 0 Å². The van der Waals surface area contributed by atoms with E-state index in [9.17, 15) is 4.79 Å². The first-order valence-corrected chi connectivity index (χ1v) is 8.78. The Morgan fingerprint density at radius 1 is 1.12 bits per heavy atom. The number of nitrogens with zero attached hydrogens (tertiary/aromatic N) is 1. The number of hydrogen-bond acceptors (Lipinski definition) is 4. The zero-order valence-electron chi connectivity index (χ0n) is 13.8. The Morgan fingerprint density at radius 2 is 1.92 bits per heavy atom. The number of ketones is 1. The van der Waals surface area contributed by atoms with Gasteiger partial charge >= 0.3 is 0 Å². The van der Waals surface area contributed by atoms with E-state index in [1.165, 1.54) is 0 Å². The van der Waals surface area contributed by atoms with Crippen LogP contribution in [0.2, 0.25) is 0 Å². The van der Waals surface area contributed by atoms with Gasteiger partial charge in [0, 0.05) is 27.8 Å². The molecule has 0 saturated carbocycles. The van der Waals surface area contributed by atoms with E-state index < -0.39 is 0 Å². The number of benzene rings is 2. The molecular weight excluding hydrogens is 318 g/mol. The highest BCUT2D eigenvalue weighted by molar-refractivity contribution is 7.99. The minimum atomic E-state index is 0.133. The van der Waals surface area contributed by atoms with E-state index in [2.05, 4.69) is 4.98 Å². The average molecular weight is 337 g/mol. The summed E-state index contributed by atoms with van der Waals surface area (Å²) in [6.45, 7) is 2.01. The number of carbonyl (C=O) groups excluding carboxylic acids is 1. The van der Waals surface area contributed by atoms with E-state index in [0.29, 0.717) is 12.0 Å². The first-order chi connectivity index (χ1) is 11.7. The maximum Gasteiger partial charge on any atom is 0.165 e. The predicted molar refractivity (Wildman–Crippen MR) is 98.1 cm³/mol. The maximum atomic E-state index is 12.6. The highest BCUT2D eigenvalue weighted by Gasteiger charge is 2.17. The molecule has 0 atom stereocenters. The Labute approximate surface area is 146 Å². The van der Waals surface area contributed by atoms with Gasteiger partial charge in [-0.25, -0.2) is 0 Å². The molecule has 0 radical (unpaired) electrons. The summed E-state index contributed by atoms with van der Waals surface area (Å²) in [7, 11) is 1.64. The van der Waals surface area contributed by atoms with Crippen LogP contribution in [0.25, 0.3) is 10.9 Å². The number of rotatable bonds is 6. The summed E-state index contributed by atoms with van der Waals surface area (Å²) < 4.78 is 5.42. The summed E-state index contributed by atoms with van der Waals surface area (Å²) in [5, 5.41) is 0.949. The Balaban J connectivity index is 2.19. The molecule has 0 unspecified atom stereocenters. The van der Waals surface area contributed by atoms with Crippen LogP contribution in [-0.4, -0.2) is 17.9 Å². The lowest BCUT2D eigenvalue weighted by molar-refractivity contribution is 0.0979. The molecular formula is C20H19NO2S. The normalized spacial score (nSPS) is 10.8. The van der Waals surface area contributed by atoms with Crippen LogP contribution in [0.4, 0.5) is 0 Å². The molecule has 3 nitrogen and oxygen atoms in total. The monoisotopic (exact) mass is 337 g/mol. The smallest absolute Gasteiger partial charge is 0.165 e. The molecule has 1 heterocycles. The Morgan fingerprint density at radius 3 is 2.62 bits per heavy atom. The van der Waals surface area contributed by atoms with Crippen LogP contribution in [0.5, 0.6) is 5.75 Å². The van der Waals surface area contributed by atoms with Gasteiger partial charge in [0.05, 0.1) is 12.7 Å². The number of ether oxygens (including phenoxy) is 1. The molecule has 0 spiro atoms. The minimum Gasteiger partial charge on any atom is -0.494 e. The molecule has 0 aliphatic rings. The standard InChI is InChI=1S/C20H19NO2S/c1-3-8-17(22)16-13-21-19-15(11-7-12-18(19)23-2)20(16)24-14-9-5-4-6-10-14/h4-7,9-13H,3,8H2,1-2H3. The van der Waals surface area contributed by atoms with Crippen molar-refractivity contribution >= 4 is 28.4 Å². The van der Waals surface area contributed by atoms with Crippen molar-refractivity contribution in [3.63, 3.8) is 0 Å². The number of Topliss-reactive ketones (excluding diaryl/α,β-unsaturated/α-hetero) is 1. The van der Waals surface area contributed by atoms with Crippen molar-refractivity contribution in [2.75, 3.05) is 7.11 Å². The number of aromatic nitrogens is 1. The average Bonchev–Trinajstić information content (AvgIpc) is 2.62. The van der Waals surface area contributed by atoms with Crippen LogP contribution >= 0.6 is 11.8 Å². The molecule has 24 heavy (non-hydrogen) atoms. The number of carbonyl (C=O) groups is 1. The third-order valence-electron chi connectivity index (χ3n) is 3.77. The van der Waals surface area contributed by atoms with Gasteiger partial charge in [-0.1, -0.05) is 49.0 Å². The second-order valence-electron chi connectivity index (χ2n) is 5.45. The third-order valence-corrected chi connectivity index (χ3v) is 4.92. The quantitative estimate of drug-likeness (QED) is 0.566. The van der Waals surface area contributed by atoms with Gasteiger partial charge in [-0.15, -0.1) is 0 Å². The summed E-state index contributed by atoms with van der Waals surface area (Å²) in [5.41, 5.74) is 1.47. The number of methoxy groups -OCH3 is 1. The fraction of sp³-hybridized carbons (Fsp3) is 0.200. The van der Waals surface area contributed by atoms with Gasteiger partial charge in [-0.3, -0.25) is 9.78 Å². The number of hydrogen-bond donors (Lipinski definition) is 0. The molecule has 0 N–H and O–H groups in total. The summed E-state index contributed by atoms with van der Waals surface area (Å²) in [6.07, 6.45) is 3.04. The number of pyridine rings is 1. The lowest BCUT2D eigenvalue weighted by atomic mass is 10.1. The van der Waals surface area contributed by atoms with Crippen LogP contribution in [0, 0.1) is 0 Å². The van der Waals surface area contributed by atoms with Crippen molar-refractivity contribution in [1.29, 1.82) is 0 Å². The Bertz CT molecular complexity index is 862. The Kier molecular flexibility index (Phi) is 5.16. The van der Waals surface area contributed by atoms with Crippen molar-refractivity contribution in [3.8, 4) is 5.75 Å². The van der Waals surface area contributed by atoms with Gasteiger partial charge in [0.25, 0.3) is 0 Å². The van der Waals surface area contributed by atoms with E-state index >= 15 is 0 Å². The molecule has 3 aromatic rings. The molecule has 0 bridgehead atoms. The molecule has 0 amide bonds. The molecule has 4 heteroatoms. The second-order valence-corrected chi connectivity index (χ2v) is 6.53. The number of para-hydroxylation sites is 1. The molecule has 0 aliphatic carbocycles. The largest absolute Gasteiger partial charge is 0.494 e. The molecule has 0 fully saturated rings. The SMILES string of the molecule is CCCC(=O)c1cnc2c(OC)cccc2c1Sc1ccccc1. The molecule has 0 aliphatic heterocycles. The highest BCUT2D eigenvalue weighted by Crippen LogP contribution is 2.38. The van der Waals surface area contributed by atoms with Gasteiger partial charge in [-0.05, 0) is 24.6 Å². The minimum absolute atomic E-state index is 0.133. The van der Waals surface area contributed by atoms with Gasteiger partial charge in [0.15, 0.2) is 5.78 Å². The van der Waals surface area contributed by atoms with Crippen LogP contribution in [-0.2, 0) is 0 Å². The van der Waals surface area contributed by atoms with Crippen LogP contribution < -0.4 is 4.74 Å². The van der Waals surface area contributed by atoms with E-state index in [-0.39, 0.29) is 5.78 Å². The van der Waals surface area contributed by atoms with Crippen molar-refractivity contribution < 1.29 is 9.53 Å². The van der Waals surface area contributed by atoms with E-state index in [1.54, 1.807) is 25.1 Å². The maximum absolute atomic E-state index is 12.6. The molecule has 122 valence electrons. The zero-order chi connectivity index (χ0) is 16.9. The summed E-state index contributed by atoms with van der Waals surface area (Å²) in [5.74, 6) is 0.852. The van der Waals surface area contributed by atoms with Crippen LogP contribution in [0.15, 0.2) is 64.5 Å². The summed E-state index contributed by atoms with van der Waals surface area (Å²) in [6, 6.07) is 15.9. The van der Waals surface area contributed by atoms with Gasteiger partial charge in [0.1, 0.15) is 11.3 Å². The van der Waals surface area contributed by atoms with Crippen LogP contribution in [0.3, 0.4) is 0 Å². The van der Waals surface area contributed by atoms with Crippen LogP contribution in [0.1, 0.15) is 30.1 Å². The number of fused-ring (bicyclic) bond motifs is 1. The van der Waals surface area contributed by atoms with Crippen molar-refractivity contribution in [1.82, 2.24) is 4.98 Å². The predicted octanol–water partition coefficient (Wildman–Crippen LogP) is 5.38. The van der Waals surface area contributed by atoms with E-state index in [1.807, 2.05) is 55.5 Å². The van der Waals surface area contributed by atoms with Crippen molar-refractivity contribution in [3.05, 3.63) is 60.3 Å². The Hall–Kier alpha value is -2.33. The first-order valence-electron chi connectivity index (χ1n) is 7.96. The molecule has 2 aromatic carbocycles. The summed E-state index contributed by atoms with van der Waals surface area (Å²) >= 11 is 1.60. The van der Waals surface area contributed by atoms with E-state index in [4.69, 9.17) is 4.74 Å². The second kappa shape index (κ2) is 7.49. The van der Waals surface area contributed by atoms with Gasteiger partial charge in [0.2, 0.25) is 0 Å². The molecule has 3 rings (SSSR count). The zero-order valence-corrected chi connectivity index (χ0v) is 14.6. The lowest BCUT2D eigenvalue weighted by Gasteiger charge is -2.13. The van der Waals surface area contributed by atoms with E-state index in [0.717, 1.165) is 32.9 Å². The highest BCUT2D eigenvalue weighted by atomic mass is 32.2. The van der Waals surface area contributed by atoms with Gasteiger partial charge < -0.3 is 4.74 Å². The summed E-state index contributed by atoms with van der Waals surface area (Å²) in [4.78, 5) is 19.1.